The maximum Gasteiger partial charge on any atom is 0.322 e. The van der Waals surface area contributed by atoms with E-state index in [4.69, 9.17) is 24.7 Å². The third-order valence-electron chi connectivity index (χ3n) is 4.24. The first-order chi connectivity index (χ1) is 15.1. The van der Waals surface area contributed by atoms with Crippen molar-refractivity contribution in [3.05, 3.63) is 78.4 Å². The molecule has 0 amide bonds. The van der Waals surface area contributed by atoms with Gasteiger partial charge in [0.2, 0.25) is 0 Å². The number of benzene rings is 3. The molecule has 3 N–H and O–H groups in total. The number of nitrogens with one attached hydrogen (secondary N) is 2. The Morgan fingerprint density at radius 1 is 0.871 bits per heavy atom. The maximum absolute atomic E-state index is 10.7. The van der Waals surface area contributed by atoms with E-state index in [-0.39, 0.29) is 6.54 Å². The second-order valence-electron chi connectivity index (χ2n) is 6.58. The molecular formula is C24H24N2O5. The van der Waals surface area contributed by atoms with Crippen LogP contribution in [0.3, 0.4) is 0 Å². The van der Waals surface area contributed by atoms with Crippen LogP contribution in [-0.2, 0) is 4.79 Å². The molecule has 7 nitrogen and oxygen atoms in total. The largest absolute Gasteiger partial charge is 0.493 e. The molecule has 160 valence electrons. The monoisotopic (exact) mass is 420 g/mol. The lowest BCUT2D eigenvalue weighted by Crippen LogP contribution is -2.13. The van der Waals surface area contributed by atoms with Gasteiger partial charge in [0.25, 0.3) is 0 Å². The summed E-state index contributed by atoms with van der Waals surface area (Å²) >= 11 is 0. The number of carbonyl (C=O) groups is 1. The first kappa shape index (κ1) is 21.7. The number of hydrogen-bond acceptors (Lipinski definition) is 6. The molecule has 0 aliphatic rings. The molecule has 0 aromatic heterocycles. The van der Waals surface area contributed by atoms with Crippen LogP contribution in [0.5, 0.6) is 23.0 Å². The smallest absolute Gasteiger partial charge is 0.322 e. The Morgan fingerprint density at radius 3 is 2.16 bits per heavy atom. The van der Waals surface area contributed by atoms with Gasteiger partial charge in [0.15, 0.2) is 0 Å². The zero-order chi connectivity index (χ0) is 21.9. The fourth-order valence-corrected chi connectivity index (χ4v) is 2.75. The Labute approximate surface area is 180 Å². The molecule has 0 aliphatic carbocycles. The molecule has 0 spiro atoms. The Morgan fingerprint density at radius 2 is 1.48 bits per heavy atom. The van der Waals surface area contributed by atoms with E-state index in [0.29, 0.717) is 36.6 Å². The van der Waals surface area contributed by atoms with Crippen molar-refractivity contribution in [1.82, 2.24) is 0 Å². The van der Waals surface area contributed by atoms with Gasteiger partial charge in [0.05, 0.1) is 13.2 Å². The molecule has 31 heavy (non-hydrogen) atoms. The predicted octanol–water partition coefficient (Wildman–Crippen LogP) is 4.82. The van der Waals surface area contributed by atoms with Crippen molar-refractivity contribution in [3.8, 4) is 23.0 Å². The summed E-state index contributed by atoms with van der Waals surface area (Å²) in [7, 11) is 0. The lowest BCUT2D eigenvalue weighted by molar-refractivity contribution is -0.134. The third kappa shape index (κ3) is 7.08. The summed E-state index contributed by atoms with van der Waals surface area (Å²) < 4.78 is 17.2. The minimum Gasteiger partial charge on any atom is -0.493 e. The summed E-state index contributed by atoms with van der Waals surface area (Å²) in [5.41, 5.74) is 1.14. The summed E-state index contributed by atoms with van der Waals surface area (Å²) in [6, 6.07) is 22.2. The van der Waals surface area contributed by atoms with E-state index in [9.17, 15) is 4.79 Å². The first-order valence-electron chi connectivity index (χ1n) is 9.83. The molecule has 0 saturated heterocycles. The number of aliphatic carboxylic acids is 1. The summed E-state index contributed by atoms with van der Waals surface area (Å²) in [4.78, 5) is 10.7. The molecule has 0 saturated carbocycles. The minimum absolute atomic E-state index is 0.211. The molecule has 0 unspecified atom stereocenters. The molecule has 0 heterocycles. The SMILES string of the molecule is N=Cc1cc(OCCCOc2ccc(Oc3ccccc3)cc2)ccc1NCC(=O)O. The third-order valence-corrected chi connectivity index (χ3v) is 4.24. The molecule has 0 fully saturated rings. The van der Waals surface area contributed by atoms with Gasteiger partial charge in [0.1, 0.15) is 29.5 Å². The Balaban J connectivity index is 1.40. The van der Waals surface area contributed by atoms with Crippen molar-refractivity contribution in [2.24, 2.45) is 0 Å². The van der Waals surface area contributed by atoms with Crippen LogP contribution in [-0.4, -0.2) is 37.0 Å². The predicted molar refractivity (Wildman–Crippen MR) is 119 cm³/mol. The van der Waals surface area contributed by atoms with Crippen molar-refractivity contribution >= 4 is 17.9 Å². The summed E-state index contributed by atoms with van der Waals surface area (Å²) in [6.07, 6.45) is 1.84. The lowest BCUT2D eigenvalue weighted by atomic mass is 10.2. The van der Waals surface area contributed by atoms with Gasteiger partial charge in [-0.05, 0) is 54.6 Å². The molecule has 3 rings (SSSR count). The van der Waals surface area contributed by atoms with Crippen LogP contribution in [0.2, 0.25) is 0 Å². The highest BCUT2D eigenvalue weighted by Crippen LogP contribution is 2.24. The van der Waals surface area contributed by atoms with Crippen molar-refractivity contribution < 1.29 is 24.1 Å². The number of hydrogen-bond donors (Lipinski definition) is 3. The van der Waals surface area contributed by atoms with E-state index >= 15 is 0 Å². The summed E-state index contributed by atoms with van der Waals surface area (Å²) in [6.45, 7) is 0.737. The fourth-order valence-electron chi connectivity index (χ4n) is 2.75. The lowest BCUT2D eigenvalue weighted by Gasteiger charge is -2.12. The number of ether oxygens (including phenoxy) is 3. The standard InChI is InChI=1S/C24H24N2O5/c25-16-18-15-22(11-12-23(18)26-17-24(27)28)30-14-4-13-29-19-7-9-21(10-8-19)31-20-5-2-1-3-6-20/h1-3,5-12,15-16,25-26H,4,13-14,17H2,(H,27,28). The number of rotatable bonds is 12. The van der Waals surface area contributed by atoms with Crippen LogP contribution in [0, 0.1) is 5.41 Å². The molecule has 7 heteroatoms. The number of anilines is 1. The van der Waals surface area contributed by atoms with E-state index < -0.39 is 5.97 Å². The zero-order valence-electron chi connectivity index (χ0n) is 16.9. The van der Waals surface area contributed by atoms with Crippen LogP contribution in [0.15, 0.2) is 72.8 Å². The molecule has 0 atom stereocenters. The topological polar surface area (TPSA) is 101 Å². The zero-order valence-corrected chi connectivity index (χ0v) is 16.9. The van der Waals surface area contributed by atoms with Crippen LogP contribution < -0.4 is 19.5 Å². The van der Waals surface area contributed by atoms with Crippen LogP contribution >= 0.6 is 0 Å². The number of carboxylic acid groups (broad SMARTS) is 1. The van der Waals surface area contributed by atoms with E-state index in [1.54, 1.807) is 18.2 Å². The second-order valence-corrected chi connectivity index (χ2v) is 6.58. The van der Waals surface area contributed by atoms with Gasteiger partial charge in [-0.3, -0.25) is 4.79 Å². The molecular weight excluding hydrogens is 396 g/mol. The quantitative estimate of drug-likeness (QED) is 0.287. The van der Waals surface area contributed by atoms with Gasteiger partial charge in [-0.15, -0.1) is 0 Å². The van der Waals surface area contributed by atoms with Gasteiger partial charge < -0.3 is 30.0 Å². The summed E-state index contributed by atoms with van der Waals surface area (Å²) in [5.74, 6) is 1.92. The normalized spacial score (nSPS) is 10.2. The van der Waals surface area contributed by atoms with Crippen molar-refractivity contribution in [2.45, 2.75) is 6.42 Å². The Hall–Kier alpha value is -4.00. The van der Waals surface area contributed by atoms with Crippen molar-refractivity contribution in [1.29, 1.82) is 5.41 Å². The fraction of sp³-hybridized carbons (Fsp3) is 0.167. The summed E-state index contributed by atoms with van der Waals surface area (Å²) in [5, 5.41) is 19.0. The van der Waals surface area contributed by atoms with Crippen molar-refractivity contribution in [3.63, 3.8) is 0 Å². The molecule has 3 aromatic carbocycles. The van der Waals surface area contributed by atoms with E-state index in [0.717, 1.165) is 23.5 Å². The molecule has 3 aromatic rings. The number of carboxylic acids is 1. The highest BCUT2D eigenvalue weighted by Gasteiger charge is 2.05. The van der Waals surface area contributed by atoms with E-state index in [1.165, 1.54) is 0 Å². The molecule has 0 bridgehead atoms. The molecule has 0 aliphatic heterocycles. The van der Waals surface area contributed by atoms with Crippen LogP contribution in [0.1, 0.15) is 12.0 Å². The van der Waals surface area contributed by atoms with Gasteiger partial charge >= 0.3 is 5.97 Å². The van der Waals surface area contributed by atoms with Gasteiger partial charge in [-0.1, -0.05) is 18.2 Å². The Kier molecular flexibility index (Phi) is 7.88. The first-order valence-corrected chi connectivity index (χ1v) is 9.83. The van der Waals surface area contributed by atoms with Gasteiger partial charge in [-0.25, -0.2) is 0 Å². The van der Waals surface area contributed by atoms with Gasteiger partial charge in [0, 0.05) is 23.9 Å². The van der Waals surface area contributed by atoms with Crippen LogP contribution in [0.25, 0.3) is 0 Å². The highest BCUT2D eigenvalue weighted by molar-refractivity contribution is 5.87. The van der Waals surface area contributed by atoms with Crippen molar-refractivity contribution in [2.75, 3.05) is 25.1 Å². The second kappa shape index (κ2) is 11.3. The Bertz CT molecular complexity index is 991. The highest BCUT2D eigenvalue weighted by atomic mass is 16.5. The average molecular weight is 420 g/mol. The van der Waals surface area contributed by atoms with Gasteiger partial charge in [-0.2, -0.15) is 0 Å². The molecule has 0 radical (unpaired) electrons. The van der Waals surface area contributed by atoms with E-state index in [2.05, 4.69) is 5.32 Å². The minimum atomic E-state index is -0.963. The number of para-hydroxylation sites is 1. The van der Waals surface area contributed by atoms with E-state index in [1.807, 2.05) is 54.6 Å². The maximum atomic E-state index is 10.7. The average Bonchev–Trinajstić information content (AvgIpc) is 2.79. The van der Waals surface area contributed by atoms with Crippen LogP contribution in [0.4, 0.5) is 5.69 Å².